The average Bonchev–Trinajstić information content (AvgIpc) is 2.78. The lowest BCUT2D eigenvalue weighted by Gasteiger charge is -2.41. The van der Waals surface area contributed by atoms with E-state index in [2.05, 4.69) is 11.9 Å². The summed E-state index contributed by atoms with van der Waals surface area (Å²) in [6.07, 6.45) is 2.01. The van der Waals surface area contributed by atoms with Crippen LogP contribution in [0.2, 0.25) is 0 Å². The van der Waals surface area contributed by atoms with Gasteiger partial charge in [-0.25, -0.2) is 0 Å². The van der Waals surface area contributed by atoms with Crippen molar-refractivity contribution in [2.75, 3.05) is 30.7 Å². The van der Waals surface area contributed by atoms with Crippen LogP contribution >= 0.6 is 11.8 Å². The number of thioether (sulfide) groups is 1. The van der Waals surface area contributed by atoms with E-state index >= 15 is 0 Å². The molecule has 0 aliphatic carbocycles. The van der Waals surface area contributed by atoms with Gasteiger partial charge in [-0.1, -0.05) is 36.9 Å². The van der Waals surface area contributed by atoms with Gasteiger partial charge in [0.2, 0.25) is 11.8 Å². The maximum absolute atomic E-state index is 13.2. The Morgan fingerprint density at radius 1 is 1.17 bits per heavy atom. The van der Waals surface area contributed by atoms with Gasteiger partial charge in [0.15, 0.2) is 0 Å². The zero-order valence-corrected chi connectivity index (χ0v) is 17.4. The Morgan fingerprint density at radius 2 is 1.97 bits per heavy atom. The summed E-state index contributed by atoms with van der Waals surface area (Å²) in [5.41, 5.74) is 2.47. The fourth-order valence-corrected chi connectivity index (χ4v) is 4.74. The molecule has 0 bridgehead atoms. The number of benzene rings is 2. The Hall–Kier alpha value is -3.06. The Kier molecular flexibility index (Phi) is 5.90. The highest BCUT2D eigenvalue weighted by molar-refractivity contribution is 8.00. The lowest BCUT2D eigenvalue weighted by atomic mass is 10.0. The molecule has 0 saturated carbocycles. The van der Waals surface area contributed by atoms with Gasteiger partial charge in [0.05, 0.1) is 17.5 Å². The van der Waals surface area contributed by atoms with E-state index < -0.39 is 0 Å². The molecule has 1 fully saturated rings. The topological polar surface area (TPSA) is 69.7 Å². The van der Waals surface area contributed by atoms with Crippen molar-refractivity contribution in [3.8, 4) is 0 Å². The highest BCUT2D eigenvalue weighted by Gasteiger charge is 2.32. The van der Waals surface area contributed by atoms with E-state index in [4.69, 9.17) is 0 Å². The van der Waals surface area contributed by atoms with Gasteiger partial charge in [-0.2, -0.15) is 0 Å². The number of hydrogen-bond donors (Lipinski definition) is 1. The molecule has 2 aliphatic rings. The van der Waals surface area contributed by atoms with Gasteiger partial charge >= 0.3 is 0 Å². The predicted octanol–water partition coefficient (Wildman–Crippen LogP) is 2.81. The Morgan fingerprint density at radius 3 is 2.73 bits per heavy atom. The van der Waals surface area contributed by atoms with Crippen LogP contribution in [0.25, 0.3) is 0 Å². The van der Waals surface area contributed by atoms with Gasteiger partial charge in [0, 0.05) is 30.1 Å². The third kappa shape index (κ3) is 4.26. The lowest BCUT2D eigenvalue weighted by Crippen LogP contribution is -2.57. The first-order valence-corrected chi connectivity index (χ1v) is 10.9. The second kappa shape index (κ2) is 8.75. The van der Waals surface area contributed by atoms with E-state index in [1.165, 1.54) is 17.8 Å². The number of piperazine rings is 1. The monoisotopic (exact) mass is 421 g/mol. The fourth-order valence-electron chi connectivity index (χ4n) is 3.90. The molecule has 2 aromatic carbocycles. The van der Waals surface area contributed by atoms with Gasteiger partial charge in [-0.05, 0) is 36.3 Å². The zero-order valence-electron chi connectivity index (χ0n) is 16.5. The maximum atomic E-state index is 13.2. The van der Waals surface area contributed by atoms with Gasteiger partial charge in [0.25, 0.3) is 5.91 Å². The molecular weight excluding hydrogens is 398 g/mol. The summed E-state index contributed by atoms with van der Waals surface area (Å²) < 4.78 is 0. The molecule has 30 heavy (non-hydrogen) atoms. The van der Waals surface area contributed by atoms with Gasteiger partial charge < -0.3 is 15.1 Å². The van der Waals surface area contributed by atoms with E-state index in [9.17, 15) is 14.4 Å². The molecule has 4 rings (SSSR count). The van der Waals surface area contributed by atoms with Crippen molar-refractivity contribution in [2.45, 2.75) is 17.4 Å². The minimum atomic E-state index is -0.109. The summed E-state index contributed by atoms with van der Waals surface area (Å²) in [5, 5.41) is 2.83. The molecule has 1 atom stereocenters. The van der Waals surface area contributed by atoms with Gasteiger partial charge in [-0.3, -0.25) is 14.4 Å². The van der Waals surface area contributed by atoms with E-state index in [0.29, 0.717) is 37.4 Å². The van der Waals surface area contributed by atoms with Gasteiger partial charge in [0.1, 0.15) is 0 Å². The Bertz CT molecular complexity index is 992. The minimum absolute atomic E-state index is 0.0293. The van der Waals surface area contributed by atoms with Crippen LogP contribution in [-0.4, -0.2) is 59.0 Å². The quantitative estimate of drug-likeness (QED) is 0.771. The third-order valence-electron chi connectivity index (χ3n) is 5.40. The molecule has 7 heteroatoms. The molecule has 6 nitrogen and oxygen atoms in total. The molecule has 0 aromatic heterocycles. The van der Waals surface area contributed by atoms with Crippen LogP contribution in [0.5, 0.6) is 0 Å². The summed E-state index contributed by atoms with van der Waals surface area (Å²) >= 11 is 1.44. The molecule has 3 amide bonds. The van der Waals surface area contributed by atoms with Crippen molar-refractivity contribution in [1.29, 1.82) is 0 Å². The molecule has 0 unspecified atom stereocenters. The standard InChI is InChI=1S/C23H23N3O3S/c1-2-22(28)26-11-10-25(14-18(26)12-16-6-4-3-5-7-16)23(29)17-8-9-19-20(13-17)30-15-21(27)24-19/h2-9,13,18H,1,10-12,14-15H2,(H,24,27)/t18-/m0/s1. The first-order valence-electron chi connectivity index (χ1n) is 9.88. The second-order valence-corrected chi connectivity index (χ2v) is 8.40. The summed E-state index contributed by atoms with van der Waals surface area (Å²) in [7, 11) is 0. The number of hydrogen-bond acceptors (Lipinski definition) is 4. The summed E-state index contributed by atoms with van der Waals surface area (Å²) in [6.45, 7) is 5.04. The molecule has 1 N–H and O–H groups in total. The average molecular weight is 422 g/mol. The molecule has 0 radical (unpaired) electrons. The maximum Gasteiger partial charge on any atom is 0.254 e. The van der Waals surface area contributed by atoms with Crippen LogP contribution in [0.3, 0.4) is 0 Å². The van der Waals surface area contributed by atoms with E-state index in [0.717, 1.165) is 16.1 Å². The first-order chi connectivity index (χ1) is 14.5. The number of fused-ring (bicyclic) bond motifs is 1. The van der Waals surface area contributed by atoms with Crippen LogP contribution < -0.4 is 5.32 Å². The Labute approximate surface area is 179 Å². The number of carbonyl (C=O) groups is 3. The van der Waals surface area contributed by atoms with Crippen molar-refractivity contribution in [1.82, 2.24) is 9.80 Å². The van der Waals surface area contributed by atoms with E-state index in [1.807, 2.05) is 46.2 Å². The highest BCUT2D eigenvalue weighted by atomic mass is 32.2. The molecular formula is C23H23N3O3S. The molecule has 0 spiro atoms. The largest absolute Gasteiger partial charge is 0.335 e. The van der Waals surface area contributed by atoms with Crippen LogP contribution in [0.1, 0.15) is 15.9 Å². The summed E-state index contributed by atoms with van der Waals surface area (Å²) in [6, 6.07) is 15.3. The molecule has 154 valence electrons. The number of anilines is 1. The number of carbonyl (C=O) groups excluding carboxylic acids is 3. The lowest BCUT2D eigenvalue weighted by molar-refractivity contribution is -0.130. The van der Waals surface area contributed by atoms with Crippen LogP contribution in [0.15, 0.2) is 66.1 Å². The van der Waals surface area contributed by atoms with Crippen molar-refractivity contribution in [3.05, 3.63) is 72.3 Å². The third-order valence-corrected chi connectivity index (χ3v) is 6.46. The highest BCUT2D eigenvalue weighted by Crippen LogP contribution is 2.32. The molecule has 2 aliphatic heterocycles. The van der Waals surface area contributed by atoms with Crippen LogP contribution in [0, 0.1) is 0 Å². The number of rotatable bonds is 4. The van der Waals surface area contributed by atoms with Crippen LogP contribution in [-0.2, 0) is 16.0 Å². The number of nitrogens with one attached hydrogen (secondary N) is 1. The molecule has 2 aromatic rings. The van der Waals surface area contributed by atoms with Crippen molar-refractivity contribution >= 4 is 35.2 Å². The van der Waals surface area contributed by atoms with Gasteiger partial charge in [-0.15, -0.1) is 11.8 Å². The SMILES string of the molecule is C=CC(=O)N1CCN(C(=O)c2ccc3c(c2)SCC(=O)N3)C[C@@H]1Cc1ccccc1. The fraction of sp³-hybridized carbons (Fsp3) is 0.261. The summed E-state index contributed by atoms with van der Waals surface area (Å²) in [4.78, 5) is 41.6. The molecule has 2 heterocycles. The number of amides is 3. The normalized spacial score (nSPS) is 18.4. The van der Waals surface area contributed by atoms with Crippen molar-refractivity contribution < 1.29 is 14.4 Å². The smallest absolute Gasteiger partial charge is 0.254 e. The molecule has 1 saturated heterocycles. The van der Waals surface area contributed by atoms with Crippen LogP contribution in [0.4, 0.5) is 5.69 Å². The Balaban J connectivity index is 1.53. The van der Waals surface area contributed by atoms with Crippen molar-refractivity contribution in [2.24, 2.45) is 0 Å². The van der Waals surface area contributed by atoms with Crippen molar-refractivity contribution in [3.63, 3.8) is 0 Å². The zero-order chi connectivity index (χ0) is 21.1. The summed E-state index contributed by atoms with van der Waals surface area (Å²) in [5.74, 6) is 0.160. The van der Waals surface area contributed by atoms with E-state index in [-0.39, 0.29) is 23.8 Å². The first kappa shape index (κ1) is 20.2. The predicted molar refractivity (Wildman–Crippen MR) is 118 cm³/mol. The number of nitrogens with zero attached hydrogens (tertiary/aromatic N) is 2. The minimum Gasteiger partial charge on any atom is -0.335 e. The second-order valence-electron chi connectivity index (χ2n) is 7.38. The van der Waals surface area contributed by atoms with E-state index in [1.54, 1.807) is 12.1 Å².